The van der Waals surface area contributed by atoms with Gasteiger partial charge in [0.15, 0.2) is 5.13 Å². The smallest absolute Gasteiger partial charge is 0.240 e. The lowest BCUT2D eigenvalue weighted by molar-refractivity contribution is -0.119. The Hall–Kier alpha value is -1.92. The van der Waals surface area contributed by atoms with Crippen LogP contribution in [0.3, 0.4) is 0 Å². The molecule has 0 N–H and O–H groups in total. The summed E-state index contributed by atoms with van der Waals surface area (Å²) in [6, 6.07) is 9.81. The summed E-state index contributed by atoms with van der Waals surface area (Å²) in [6.45, 7) is 6.28. The molecule has 24 heavy (non-hydrogen) atoms. The van der Waals surface area contributed by atoms with Gasteiger partial charge in [-0.3, -0.25) is 9.69 Å². The number of rotatable bonds is 4. The number of aryl methyl sites for hydroxylation is 1. The third kappa shape index (κ3) is 4.13. The van der Waals surface area contributed by atoms with Crippen LogP contribution in [0.1, 0.15) is 12.1 Å². The van der Waals surface area contributed by atoms with Gasteiger partial charge in [0.1, 0.15) is 0 Å². The molecular formula is C18H24N4OS. The molecule has 1 fully saturated rings. The van der Waals surface area contributed by atoms with E-state index in [0.717, 1.165) is 49.1 Å². The lowest BCUT2D eigenvalue weighted by atomic mass is 10.3. The van der Waals surface area contributed by atoms with E-state index in [2.05, 4.69) is 20.2 Å². The van der Waals surface area contributed by atoms with Crippen molar-refractivity contribution in [1.82, 2.24) is 9.88 Å². The van der Waals surface area contributed by atoms with Gasteiger partial charge in [0, 0.05) is 44.3 Å². The number of nitrogens with zero attached hydrogens (tertiary/aromatic N) is 4. The second kappa shape index (κ2) is 7.77. The maximum atomic E-state index is 12.5. The third-order valence-corrected chi connectivity index (χ3v) is 5.36. The Morgan fingerprint density at radius 3 is 2.71 bits per heavy atom. The zero-order valence-corrected chi connectivity index (χ0v) is 15.1. The fourth-order valence-electron chi connectivity index (χ4n) is 2.90. The van der Waals surface area contributed by atoms with Crippen LogP contribution in [0.4, 0.5) is 10.8 Å². The van der Waals surface area contributed by atoms with Crippen LogP contribution in [-0.2, 0) is 4.79 Å². The zero-order valence-electron chi connectivity index (χ0n) is 14.3. The van der Waals surface area contributed by atoms with Gasteiger partial charge >= 0.3 is 0 Å². The van der Waals surface area contributed by atoms with Crippen molar-refractivity contribution in [1.29, 1.82) is 0 Å². The van der Waals surface area contributed by atoms with Crippen molar-refractivity contribution >= 4 is 28.1 Å². The highest BCUT2D eigenvalue weighted by Gasteiger charge is 2.20. The van der Waals surface area contributed by atoms with Crippen molar-refractivity contribution in [3.8, 4) is 0 Å². The summed E-state index contributed by atoms with van der Waals surface area (Å²) in [5, 5.41) is 3.19. The van der Waals surface area contributed by atoms with Crippen molar-refractivity contribution in [2.75, 3.05) is 49.6 Å². The lowest BCUT2D eigenvalue weighted by Gasteiger charge is -2.24. The SMILES string of the molecule is Cc1csc(N2CCCN(CC(=O)N(C)c3ccccc3)CC2)n1. The van der Waals surface area contributed by atoms with Gasteiger partial charge in [0.25, 0.3) is 0 Å². The number of aromatic nitrogens is 1. The average molecular weight is 344 g/mol. The Labute approximate surface area is 147 Å². The first-order valence-electron chi connectivity index (χ1n) is 8.34. The molecule has 1 saturated heterocycles. The van der Waals surface area contributed by atoms with Gasteiger partial charge in [0.2, 0.25) is 5.91 Å². The molecule has 1 aromatic carbocycles. The second-order valence-corrected chi connectivity index (χ2v) is 7.01. The number of amides is 1. The first-order valence-corrected chi connectivity index (χ1v) is 9.22. The molecule has 0 atom stereocenters. The molecule has 5 nitrogen and oxygen atoms in total. The number of carbonyl (C=O) groups is 1. The van der Waals surface area contributed by atoms with E-state index in [4.69, 9.17) is 0 Å². The van der Waals surface area contributed by atoms with Gasteiger partial charge in [-0.1, -0.05) is 18.2 Å². The normalized spacial score (nSPS) is 16.0. The minimum Gasteiger partial charge on any atom is -0.347 e. The monoisotopic (exact) mass is 344 g/mol. The molecule has 1 aliphatic rings. The fraction of sp³-hybridized carbons (Fsp3) is 0.444. The van der Waals surface area contributed by atoms with E-state index in [-0.39, 0.29) is 5.91 Å². The largest absolute Gasteiger partial charge is 0.347 e. The van der Waals surface area contributed by atoms with Crippen molar-refractivity contribution < 1.29 is 4.79 Å². The molecular weight excluding hydrogens is 320 g/mol. The molecule has 1 amide bonds. The van der Waals surface area contributed by atoms with Gasteiger partial charge in [-0.2, -0.15) is 0 Å². The summed E-state index contributed by atoms with van der Waals surface area (Å²) < 4.78 is 0. The second-order valence-electron chi connectivity index (χ2n) is 6.18. The molecule has 128 valence electrons. The first kappa shape index (κ1) is 16.9. The van der Waals surface area contributed by atoms with E-state index >= 15 is 0 Å². The molecule has 0 radical (unpaired) electrons. The molecule has 3 rings (SSSR count). The standard InChI is InChI=1S/C18H24N4OS/c1-15-14-24-18(19-15)22-10-6-9-21(11-12-22)13-17(23)20(2)16-7-4-3-5-8-16/h3-5,7-8,14H,6,9-13H2,1-2H3. The molecule has 0 aliphatic carbocycles. The number of hydrogen-bond acceptors (Lipinski definition) is 5. The van der Waals surface area contributed by atoms with Crippen LogP contribution in [0.5, 0.6) is 0 Å². The molecule has 2 aromatic rings. The van der Waals surface area contributed by atoms with Crippen LogP contribution in [0.25, 0.3) is 0 Å². The van der Waals surface area contributed by atoms with Crippen molar-refractivity contribution in [2.45, 2.75) is 13.3 Å². The van der Waals surface area contributed by atoms with Crippen LogP contribution in [-0.4, -0.2) is 55.6 Å². The van der Waals surface area contributed by atoms with E-state index in [1.807, 2.05) is 44.3 Å². The number of benzene rings is 1. The number of likely N-dealkylation sites (N-methyl/N-ethyl adjacent to an activating group) is 1. The molecule has 1 aliphatic heterocycles. The minimum absolute atomic E-state index is 0.139. The van der Waals surface area contributed by atoms with E-state index in [0.29, 0.717) is 6.54 Å². The molecule has 0 unspecified atom stereocenters. The minimum atomic E-state index is 0.139. The number of para-hydroxylation sites is 1. The van der Waals surface area contributed by atoms with Crippen LogP contribution in [0.2, 0.25) is 0 Å². The highest BCUT2D eigenvalue weighted by Crippen LogP contribution is 2.21. The van der Waals surface area contributed by atoms with Gasteiger partial charge in [0.05, 0.1) is 12.2 Å². The summed E-state index contributed by atoms with van der Waals surface area (Å²) in [5.74, 6) is 0.139. The topological polar surface area (TPSA) is 39.7 Å². The maximum Gasteiger partial charge on any atom is 0.240 e. The fourth-order valence-corrected chi connectivity index (χ4v) is 3.76. The lowest BCUT2D eigenvalue weighted by Crippen LogP contribution is -2.40. The number of anilines is 2. The van der Waals surface area contributed by atoms with Gasteiger partial charge in [-0.25, -0.2) is 4.98 Å². The average Bonchev–Trinajstić information content (AvgIpc) is 2.90. The maximum absolute atomic E-state index is 12.5. The van der Waals surface area contributed by atoms with Crippen LogP contribution in [0.15, 0.2) is 35.7 Å². The third-order valence-electron chi connectivity index (χ3n) is 4.34. The Bertz CT molecular complexity index is 673. The zero-order chi connectivity index (χ0) is 16.9. The predicted molar refractivity (Wildman–Crippen MR) is 100.0 cm³/mol. The van der Waals surface area contributed by atoms with E-state index in [1.165, 1.54) is 0 Å². The van der Waals surface area contributed by atoms with Crippen LogP contribution < -0.4 is 9.80 Å². The molecule has 0 spiro atoms. The Balaban J connectivity index is 1.55. The summed E-state index contributed by atoms with van der Waals surface area (Å²) >= 11 is 1.70. The molecule has 1 aromatic heterocycles. The predicted octanol–water partition coefficient (Wildman–Crippen LogP) is 2.63. The molecule has 2 heterocycles. The number of thiazole rings is 1. The summed E-state index contributed by atoms with van der Waals surface area (Å²) in [4.78, 5) is 23.5. The summed E-state index contributed by atoms with van der Waals surface area (Å²) in [6.07, 6.45) is 1.06. The van der Waals surface area contributed by atoms with E-state index in [9.17, 15) is 4.79 Å². The highest BCUT2D eigenvalue weighted by atomic mass is 32.1. The van der Waals surface area contributed by atoms with Gasteiger partial charge < -0.3 is 9.80 Å². The molecule has 0 saturated carbocycles. The Kier molecular flexibility index (Phi) is 5.48. The number of hydrogen-bond donors (Lipinski definition) is 0. The molecule has 0 bridgehead atoms. The highest BCUT2D eigenvalue weighted by molar-refractivity contribution is 7.13. The van der Waals surface area contributed by atoms with Crippen LogP contribution >= 0.6 is 11.3 Å². The quantitative estimate of drug-likeness (QED) is 0.855. The molecule has 6 heteroatoms. The first-order chi connectivity index (χ1) is 11.6. The van der Waals surface area contributed by atoms with Crippen molar-refractivity contribution in [3.05, 3.63) is 41.4 Å². The summed E-state index contributed by atoms with van der Waals surface area (Å²) in [5.41, 5.74) is 2.02. The van der Waals surface area contributed by atoms with E-state index < -0.39 is 0 Å². The number of carbonyl (C=O) groups excluding carboxylic acids is 1. The van der Waals surface area contributed by atoms with Gasteiger partial charge in [-0.05, 0) is 25.5 Å². The van der Waals surface area contributed by atoms with Crippen LogP contribution in [0, 0.1) is 6.92 Å². The Morgan fingerprint density at radius 2 is 2.00 bits per heavy atom. The Morgan fingerprint density at radius 1 is 1.21 bits per heavy atom. The van der Waals surface area contributed by atoms with Gasteiger partial charge in [-0.15, -0.1) is 11.3 Å². The summed E-state index contributed by atoms with van der Waals surface area (Å²) in [7, 11) is 1.85. The van der Waals surface area contributed by atoms with E-state index in [1.54, 1.807) is 16.2 Å². The van der Waals surface area contributed by atoms with Crippen molar-refractivity contribution in [3.63, 3.8) is 0 Å². The van der Waals surface area contributed by atoms with Crippen molar-refractivity contribution in [2.24, 2.45) is 0 Å².